The van der Waals surface area contributed by atoms with E-state index in [1.54, 1.807) is 24.3 Å². The van der Waals surface area contributed by atoms with Crippen LogP contribution in [0.3, 0.4) is 0 Å². The average Bonchev–Trinajstić information content (AvgIpc) is 2.55. The first-order valence-electron chi connectivity index (χ1n) is 7.41. The number of carbonyl (C=O) groups is 2. The Morgan fingerprint density at radius 3 is 1.20 bits per heavy atom. The van der Waals surface area contributed by atoms with E-state index in [9.17, 15) is 19.8 Å². The summed E-state index contributed by atoms with van der Waals surface area (Å²) in [6, 6.07) is 14.4. The Hall–Kier alpha value is -1.76. The molecule has 2 aromatic carbocycles. The second-order valence-electron chi connectivity index (χ2n) is 5.04. The van der Waals surface area contributed by atoms with E-state index >= 15 is 0 Å². The molecule has 0 aliphatic carbocycles. The van der Waals surface area contributed by atoms with Crippen LogP contribution in [0.1, 0.15) is 22.3 Å². The summed E-state index contributed by atoms with van der Waals surface area (Å²) in [6.07, 6.45) is -0.124. The fourth-order valence-corrected chi connectivity index (χ4v) is 2.17. The molecule has 0 heterocycles. The van der Waals surface area contributed by atoms with Crippen LogP contribution in [0.2, 0.25) is 0 Å². The maximum absolute atomic E-state index is 10.3. The first-order chi connectivity index (χ1) is 11.5. The van der Waals surface area contributed by atoms with Gasteiger partial charge in [-0.3, -0.25) is 0 Å². The molecule has 0 spiro atoms. The average molecular weight is 529 g/mol. The van der Waals surface area contributed by atoms with E-state index in [0.717, 1.165) is 22.3 Å². The van der Waals surface area contributed by atoms with Crippen LogP contribution in [0.5, 0.6) is 0 Å². The molecule has 0 atom stereocenters. The number of rotatable bonds is 6. The third-order valence-electron chi connectivity index (χ3n) is 3.35. The van der Waals surface area contributed by atoms with E-state index in [-0.39, 0.29) is 40.5 Å². The first-order valence-corrected chi connectivity index (χ1v) is 7.41. The molecule has 0 saturated carbocycles. The molecule has 25 heavy (non-hydrogen) atoms. The fourth-order valence-electron chi connectivity index (χ4n) is 2.17. The van der Waals surface area contributed by atoms with Crippen molar-refractivity contribution in [2.75, 3.05) is 0 Å². The first kappa shape index (κ1) is 23.2. The minimum absolute atomic E-state index is 0. The van der Waals surface area contributed by atoms with E-state index in [1.165, 1.54) is 0 Å². The number of carboxylic acids is 2. The predicted molar refractivity (Wildman–Crippen MR) is 86.1 cm³/mol. The Labute approximate surface area is 167 Å². The molecular weight excluding hydrogens is 509 g/mol. The molecule has 0 bridgehead atoms. The SMILES string of the molecule is NCc1ccccc1CC(=O)[O-].NCc1ccccc1CC(=O)[O-].[Hg+2]. The third-order valence-corrected chi connectivity index (χ3v) is 3.35. The van der Waals surface area contributed by atoms with Crippen LogP contribution < -0.4 is 21.7 Å². The molecule has 7 heteroatoms. The Bertz CT molecular complexity index is 633. The molecule has 4 N–H and O–H groups in total. The number of hydrogen-bond donors (Lipinski definition) is 2. The molecule has 0 fully saturated rings. The Balaban J connectivity index is 0.000000443. The molecular formula is C18H20HgN2O4. The van der Waals surface area contributed by atoms with Crippen molar-refractivity contribution < 1.29 is 47.5 Å². The number of carboxylic acid groups (broad SMARTS) is 2. The quantitative estimate of drug-likeness (QED) is 0.456. The van der Waals surface area contributed by atoms with Crippen LogP contribution >= 0.6 is 0 Å². The summed E-state index contributed by atoms with van der Waals surface area (Å²) in [6.45, 7) is 0.729. The van der Waals surface area contributed by atoms with Gasteiger partial charge in [0.2, 0.25) is 0 Å². The third kappa shape index (κ3) is 8.76. The van der Waals surface area contributed by atoms with Crippen molar-refractivity contribution in [1.29, 1.82) is 0 Å². The monoisotopic (exact) mass is 530 g/mol. The van der Waals surface area contributed by atoms with Crippen LogP contribution in [-0.2, 0) is 63.2 Å². The molecule has 0 aliphatic rings. The molecule has 0 saturated heterocycles. The fraction of sp³-hybridized carbons (Fsp3) is 0.222. The normalized spacial score (nSPS) is 9.36. The Morgan fingerprint density at radius 1 is 0.680 bits per heavy atom. The predicted octanol–water partition coefficient (Wildman–Crippen LogP) is -1.13. The van der Waals surface area contributed by atoms with Crippen LogP contribution in [0.4, 0.5) is 0 Å². The zero-order valence-electron chi connectivity index (χ0n) is 13.9. The number of hydrogen-bond acceptors (Lipinski definition) is 6. The molecule has 0 radical (unpaired) electrons. The summed E-state index contributed by atoms with van der Waals surface area (Å²) in [7, 11) is 0. The summed E-state index contributed by atoms with van der Waals surface area (Å²) in [4.78, 5) is 20.6. The summed E-state index contributed by atoms with van der Waals surface area (Å²) in [5.74, 6) is -2.15. The van der Waals surface area contributed by atoms with Crippen molar-refractivity contribution in [3.8, 4) is 0 Å². The zero-order valence-corrected chi connectivity index (χ0v) is 19.4. The van der Waals surface area contributed by atoms with E-state index in [4.69, 9.17) is 11.5 Å². The van der Waals surface area contributed by atoms with Gasteiger partial charge in [-0.15, -0.1) is 0 Å². The van der Waals surface area contributed by atoms with Gasteiger partial charge in [0.1, 0.15) is 0 Å². The largest absolute Gasteiger partial charge is 2.00 e. The van der Waals surface area contributed by atoms with Crippen molar-refractivity contribution in [2.45, 2.75) is 25.9 Å². The van der Waals surface area contributed by atoms with Crippen LogP contribution in [0, 0.1) is 0 Å². The van der Waals surface area contributed by atoms with Crippen molar-refractivity contribution in [3.63, 3.8) is 0 Å². The summed E-state index contributed by atoms with van der Waals surface area (Å²) < 4.78 is 0. The molecule has 0 amide bonds. The van der Waals surface area contributed by atoms with Gasteiger partial charge in [-0.25, -0.2) is 0 Å². The van der Waals surface area contributed by atoms with E-state index < -0.39 is 11.9 Å². The van der Waals surface area contributed by atoms with E-state index in [0.29, 0.717) is 13.1 Å². The maximum Gasteiger partial charge on any atom is 2.00 e. The molecule has 0 unspecified atom stereocenters. The molecule has 0 aliphatic heterocycles. The Morgan fingerprint density at radius 2 is 0.960 bits per heavy atom. The minimum Gasteiger partial charge on any atom is -0.550 e. The molecule has 6 nitrogen and oxygen atoms in total. The summed E-state index contributed by atoms with van der Waals surface area (Å²) in [5, 5.41) is 20.6. The van der Waals surface area contributed by atoms with Gasteiger partial charge < -0.3 is 31.3 Å². The number of aliphatic carboxylic acids is 2. The molecule has 0 aromatic heterocycles. The smallest absolute Gasteiger partial charge is 0.550 e. The molecule has 2 aromatic rings. The van der Waals surface area contributed by atoms with Gasteiger partial charge in [-0.1, -0.05) is 48.5 Å². The van der Waals surface area contributed by atoms with Gasteiger partial charge in [-0.2, -0.15) is 0 Å². The van der Waals surface area contributed by atoms with E-state index in [1.807, 2.05) is 24.3 Å². The summed E-state index contributed by atoms with van der Waals surface area (Å²) in [5.41, 5.74) is 14.0. The molecule has 2 rings (SSSR count). The standard InChI is InChI=1S/2C9H11NO2.Hg/c2*10-6-8-4-2-1-3-7(8)5-9(11)12;/h2*1-4H,5-6,10H2,(H,11,12);/q;;+2/p-2. The van der Waals surface area contributed by atoms with Crippen molar-refractivity contribution >= 4 is 11.9 Å². The van der Waals surface area contributed by atoms with Gasteiger partial charge in [0.25, 0.3) is 0 Å². The second kappa shape index (κ2) is 12.6. The number of nitrogens with two attached hydrogens (primary N) is 2. The van der Waals surface area contributed by atoms with Crippen molar-refractivity contribution in [2.24, 2.45) is 11.5 Å². The zero-order chi connectivity index (χ0) is 17.9. The topological polar surface area (TPSA) is 132 Å². The van der Waals surface area contributed by atoms with Crippen molar-refractivity contribution in [1.82, 2.24) is 0 Å². The van der Waals surface area contributed by atoms with Gasteiger partial charge in [-0.05, 0) is 22.3 Å². The van der Waals surface area contributed by atoms with Crippen molar-refractivity contribution in [3.05, 3.63) is 70.8 Å². The number of carbonyl (C=O) groups excluding carboxylic acids is 2. The van der Waals surface area contributed by atoms with Gasteiger partial charge >= 0.3 is 27.7 Å². The van der Waals surface area contributed by atoms with Gasteiger partial charge in [0.05, 0.1) is 0 Å². The van der Waals surface area contributed by atoms with Crippen LogP contribution in [0.15, 0.2) is 48.5 Å². The Kier molecular flexibility index (Phi) is 11.7. The van der Waals surface area contributed by atoms with Gasteiger partial charge in [0, 0.05) is 37.9 Å². The van der Waals surface area contributed by atoms with Gasteiger partial charge in [0.15, 0.2) is 0 Å². The minimum atomic E-state index is -1.07. The molecule has 128 valence electrons. The summed E-state index contributed by atoms with van der Waals surface area (Å²) >= 11 is 0. The van der Waals surface area contributed by atoms with Crippen LogP contribution in [-0.4, -0.2) is 11.9 Å². The maximum atomic E-state index is 10.3. The van der Waals surface area contributed by atoms with Crippen LogP contribution in [0.25, 0.3) is 0 Å². The number of benzene rings is 2. The van der Waals surface area contributed by atoms with E-state index in [2.05, 4.69) is 0 Å². The second-order valence-corrected chi connectivity index (χ2v) is 5.04.